The van der Waals surface area contributed by atoms with E-state index in [2.05, 4.69) is 19.9 Å². The lowest BCUT2D eigenvalue weighted by molar-refractivity contribution is 0.0733. The molecule has 0 aliphatic carbocycles. The predicted molar refractivity (Wildman–Crippen MR) is 132 cm³/mol. The van der Waals surface area contributed by atoms with Gasteiger partial charge in [-0.15, -0.1) is 0 Å². The summed E-state index contributed by atoms with van der Waals surface area (Å²) in [4.78, 5) is 14.5. The number of hydrogen-bond donors (Lipinski definition) is 1. The zero-order chi connectivity index (χ0) is 25.0. The monoisotopic (exact) mass is 497 g/mol. The second-order valence-electron chi connectivity index (χ2n) is 9.09. The maximum absolute atomic E-state index is 13.6. The van der Waals surface area contributed by atoms with Gasteiger partial charge >= 0.3 is 0 Å². The highest BCUT2D eigenvalue weighted by molar-refractivity contribution is 7.89. The van der Waals surface area contributed by atoms with Crippen molar-refractivity contribution in [2.24, 2.45) is 5.92 Å². The third-order valence-corrected chi connectivity index (χ3v) is 8.24. The van der Waals surface area contributed by atoms with Gasteiger partial charge in [-0.3, -0.25) is 9.88 Å². The Labute approximate surface area is 206 Å². The highest BCUT2D eigenvalue weighted by Gasteiger charge is 2.38. The number of likely N-dealkylation sites (N-methyl/N-ethyl adjacent to an activating group) is 1. The predicted octanol–water partition coefficient (Wildman–Crippen LogP) is 2.44. The van der Waals surface area contributed by atoms with E-state index in [4.69, 9.17) is 4.74 Å². The van der Waals surface area contributed by atoms with Crippen LogP contribution in [0.4, 0.5) is 0 Å². The first-order valence-corrected chi connectivity index (χ1v) is 13.0. The number of nitrogens with zero attached hydrogens (tertiary/aromatic N) is 5. The molecule has 0 spiro atoms. The molecular weight excluding hydrogens is 466 g/mol. The number of rotatable bonds is 7. The van der Waals surface area contributed by atoms with Crippen LogP contribution in [0.25, 0.3) is 11.1 Å². The normalized spacial score (nSPS) is 20.9. The average molecular weight is 498 g/mol. The molecule has 186 valence electrons. The van der Waals surface area contributed by atoms with Crippen LogP contribution >= 0.6 is 0 Å². The van der Waals surface area contributed by atoms with Crippen LogP contribution in [-0.2, 0) is 16.6 Å². The summed E-state index contributed by atoms with van der Waals surface area (Å²) in [6.07, 6.45) is 8.18. The molecule has 0 saturated heterocycles. The lowest BCUT2D eigenvalue weighted by Crippen LogP contribution is -2.49. The van der Waals surface area contributed by atoms with Crippen LogP contribution in [0.1, 0.15) is 19.4 Å². The minimum atomic E-state index is -3.88. The van der Waals surface area contributed by atoms with Gasteiger partial charge in [0.2, 0.25) is 10.0 Å². The SMILES string of the molecule is C[C@H](CO)N1C[C@H](C)[C@@H](CN(C)Cc2cncnc2)Oc2cc(-c3cccnc3)ccc2S1(=O)=O. The van der Waals surface area contributed by atoms with Crippen LogP contribution in [-0.4, -0.2) is 76.6 Å². The molecule has 3 aromatic rings. The Morgan fingerprint density at radius 2 is 1.94 bits per heavy atom. The molecule has 0 saturated carbocycles. The van der Waals surface area contributed by atoms with Gasteiger partial charge in [-0.1, -0.05) is 19.1 Å². The highest BCUT2D eigenvalue weighted by Crippen LogP contribution is 2.36. The van der Waals surface area contributed by atoms with Crippen LogP contribution < -0.4 is 4.74 Å². The van der Waals surface area contributed by atoms with Crippen molar-refractivity contribution in [3.8, 4) is 16.9 Å². The fourth-order valence-corrected chi connectivity index (χ4v) is 6.08. The van der Waals surface area contributed by atoms with E-state index < -0.39 is 16.1 Å². The number of fused-ring (bicyclic) bond motifs is 1. The Morgan fingerprint density at radius 1 is 1.17 bits per heavy atom. The van der Waals surface area contributed by atoms with Gasteiger partial charge in [0.05, 0.1) is 6.61 Å². The summed E-state index contributed by atoms with van der Waals surface area (Å²) >= 11 is 0. The molecule has 9 nitrogen and oxygen atoms in total. The fourth-order valence-electron chi connectivity index (χ4n) is 4.25. The number of pyridine rings is 1. The molecule has 3 heterocycles. The summed E-state index contributed by atoms with van der Waals surface area (Å²) in [6.45, 7) is 4.86. The van der Waals surface area contributed by atoms with E-state index in [1.54, 1.807) is 49.9 Å². The first-order chi connectivity index (χ1) is 16.8. The first-order valence-electron chi connectivity index (χ1n) is 11.6. The van der Waals surface area contributed by atoms with Crippen molar-refractivity contribution in [1.29, 1.82) is 0 Å². The number of aromatic nitrogens is 3. The van der Waals surface area contributed by atoms with Gasteiger partial charge in [-0.05, 0) is 37.7 Å². The zero-order valence-electron chi connectivity index (χ0n) is 20.2. The van der Waals surface area contributed by atoms with Gasteiger partial charge in [0.1, 0.15) is 23.1 Å². The Morgan fingerprint density at radius 3 is 2.63 bits per heavy atom. The van der Waals surface area contributed by atoms with Crippen molar-refractivity contribution in [2.75, 3.05) is 26.7 Å². The molecule has 1 N–H and O–H groups in total. The number of benzene rings is 1. The van der Waals surface area contributed by atoms with Crippen molar-refractivity contribution >= 4 is 10.0 Å². The number of sulfonamides is 1. The van der Waals surface area contributed by atoms with Gasteiger partial charge in [-0.25, -0.2) is 18.4 Å². The molecule has 3 atom stereocenters. The Kier molecular flexibility index (Phi) is 7.75. The molecule has 10 heteroatoms. The van der Waals surface area contributed by atoms with Gasteiger partial charge in [-0.2, -0.15) is 4.31 Å². The van der Waals surface area contributed by atoms with E-state index in [9.17, 15) is 13.5 Å². The quantitative estimate of drug-likeness (QED) is 0.530. The molecule has 0 amide bonds. The Bertz CT molecular complexity index is 1230. The van der Waals surface area contributed by atoms with Crippen LogP contribution in [0.15, 0.2) is 66.3 Å². The van der Waals surface area contributed by atoms with Crippen LogP contribution in [0, 0.1) is 5.92 Å². The Balaban J connectivity index is 1.72. The third-order valence-electron chi connectivity index (χ3n) is 6.22. The first kappa shape index (κ1) is 25.2. The number of ether oxygens (including phenoxy) is 1. The molecule has 0 radical (unpaired) electrons. The maximum atomic E-state index is 13.6. The van der Waals surface area contributed by atoms with E-state index >= 15 is 0 Å². The average Bonchev–Trinajstić information content (AvgIpc) is 2.86. The molecule has 1 aromatic carbocycles. The van der Waals surface area contributed by atoms with Crippen molar-refractivity contribution < 1.29 is 18.3 Å². The number of aliphatic hydroxyl groups excluding tert-OH is 1. The zero-order valence-corrected chi connectivity index (χ0v) is 21.0. The lowest BCUT2D eigenvalue weighted by Gasteiger charge is -2.37. The number of hydrogen-bond acceptors (Lipinski definition) is 8. The van der Waals surface area contributed by atoms with Gasteiger partial charge < -0.3 is 9.84 Å². The topological polar surface area (TPSA) is 109 Å². The molecule has 1 aliphatic rings. The summed E-state index contributed by atoms with van der Waals surface area (Å²) in [6, 6.07) is 8.30. The van der Waals surface area contributed by atoms with E-state index in [0.717, 1.165) is 16.7 Å². The molecule has 4 rings (SSSR count). The maximum Gasteiger partial charge on any atom is 0.247 e. The van der Waals surface area contributed by atoms with E-state index in [-0.39, 0.29) is 30.1 Å². The minimum absolute atomic E-state index is 0.0986. The second-order valence-corrected chi connectivity index (χ2v) is 10.9. The van der Waals surface area contributed by atoms with Crippen LogP contribution in [0.2, 0.25) is 0 Å². The third kappa shape index (κ3) is 5.67. The highest BCUT2D eigenvalue weighted by atomic mass is 32.2. The summed E-state index contributed by atoms with van der Waals surface area (Å²) in [5, 5.41) is 9.82. The molecule has 2 aromatic heterocycles. The van der Waals surface area contributed by atoms with Gasteiger partial charge in [0.25, 0.3) is 0 Å². The Hall–Kier alpha value is -2.92. The number of aliphatic hydroxyl groups is 1. The minimum Gasteiger partial charge on any atom is -0.487 e. The van der Waals surface area contributed by atoms with E-state index in [1.165, 1.54) is 10.6 Å². The molecule has 0 bridgehead atoms. The van der Waals surface area contributed by atoms with Gasteiger partial charge in [0, 0.05) is 67.5 Å². The molecule has 1 aliphatic heterocycles. The van der Waals surface area contributed by atoms with Gasteiger partial charge in [0.15, 0.2) is 0 Å². The van der Waals surface area contributed by atoms with Crippen molar-refractivity contribution in [1.82, 2.24) is 24.2 Å². The van der Waals surface area contributed by atoms with Crippen LogP contribution in [0.5, 0.6) is 5.75 Å². The summed E-state index contributed by atoms with van der Waals surface area (Å²) < 4.78 is 35.1. The van der Waals surface area contributed by atoms with Crippen molar-refractivity contribution in [3.63, 3.8) is 0 Å². The smallest absolute Gasteiger partial charge is 0.247 e. The largest absolute Gasteiger partial charge is 0.487 e. The van der Waals surface area contributed by atoms with Crippen molar-refractivity contribution in [3.05, 3.63) is 67.0 Å². The van der Waals surface area contributed by atoms with Crippen molar-refractivity contribution in [2.45, 2.75) is 37.4 Å². The van der Waals surface area contributed by atoms with Crippen LogP contribution in [0.3, 0.4) is 0 Å². The standard InChI is InChI=1S/C25H31N5O4S/c1-18-13-30(19(2)16-31)35(32,33)25-7-6-21(22-5-4-8-26-12-22)9-23(25)34-24(18)15-29(3)14-20-10-27-17-28-11-20/h4-12,17-19,24,31H,13-16H2,1-3H3/t18-,19+,24+/m0/s1. The van der Waals surface area contributed by atoms with E-state index in [1.807, 2.05) is 26.1 Å². The van der Waals surface area contributed by atoms with E-state index in [0.29, 0.717) is 18.8 Å². The summed E-state index contributed by atoms with van der Waals surface area (Å²) in [5.41, 5.74) is 2.66. The summed E-state index contributed by atoms with van der Waals surface area (Å²) in [7, 11) is -1.90. The molecule has 0 fully saturated rings. The fraction of sp³-hybridized carbons (Fsp3) is 0.400. The lowest BCUT2D eigenvalue weighted by atomic mass is 10.0. The summed E-state index contributed by atoms with van der Waals surface area (Å²) in [5.74, 6) is 0.165. The molecular formula is C25H31N5O4S. The molecule has 0 unspecified atom stereocenters. The second kappa shape index (κ2) is 10.8. The molecule has 35 heavy (non-hydrogen) atoms.